The van der Waals surface area contributed by atoms with Crippen molar-refractivity contribution in [1.29, 1.82) is 0 Å². The zero-order chi connectivity index (χ0) is 17.2. The minimum Gasteiger partial charge on any atom is -0.472 e. The number of rotatable bonds is 3. The Balaban J connectivity index is 1.39. The molecule has 0 aromatic carbocycles. The second-order valence-corrected chi connectivity index (χ2v) is 7.14. The minimum atomic E-state index is 0.00130. The van der Waals surface area contributed by atoms with Crippen LogP contribution in [-0.2, 0) is 14.3 Å². The Hall–Kier alpha value is -1.86. The van der Waals surface area contributed by atoms with Gasteiger partial charge in [-0.1, -0.05) is 0 Å². The van der Waals surface area contributed by atoms with Crippen LogP contribution in [0.4, 0.5) is 0 Å². The lowest BCUT2D eigenvalue weighted by molar-refractivity contribution is -0.138. The average Bonchev–Trinajstić information content (AvgIpc) is 3.32. The van der Waals surface area contributed by atoms with E-state index in [-0.39, 0.29) is 17.7 Å². The van der Waals surface area contributed by atoms with Crippen molar-refractivity contribution in [3.05, 3.63) is 24.2 Å². The molecule has 4 rings (SSSR count). The smallest absolute Gasteiger partial charge is 0.257 e. The second-order valence-electron chi connectivity index (χ2n) is 7.14. The highest BCUT2D eigenvalue weighted by Crippen LogP contribution is 2.36. The number of ether oxygens (including phenoxy) is 2. The van der Waals surface area contributed by atoms with Gasteiger partial charge in [-0.3, -0.25) is 9.59 Å². The third-order valence-corrected chi connectivity index (χ3v) is 5.62. The number of hydrogen-bond acceptors (Lipinski definition) is 5. The van der Waals surface area contributed by atoms with E-state index in [1.807, 2.05) is 9.80 Å². The molecule has 1 aromatic rings. The maximum Gasteiger partial charge on any atom is 0.257 e. The van der Waals surface area contributed by atoms with Gasteiger partial charge in [-0.2, -0.15) is 0 Å². The standard InChI is InChI=1S/C18H24N2O5/c21-17(19-2-5-23-6-3-19)7-14-11-25-12-15-8-20(9-16(14)15)18(22)13-1-4-24-10-13/h1,4,10,14-16H,2-3,5-9,11-12H2/t14-,15-,16+/m1/s1. The van der Waals surface area contributed by atoms with E-state index < -0.39 is 0 Å². The molecular formula is C18H24N2O5. The highest BCUT2D eigenvalue weighted by molar-refractivity contribution is 5.94. The van der Waals surface area contributed by atoms with Crippen LogP contribution in [0.1, 0.15) is 16.8 Å². The van der Waals surface area contributed by atoms with Crippen molar-refractivity contribution in [3.8, 4) is 0 Å². The van der Waals surface area contributed by atoms with Gasteiger partial charge in [0.15, 0.2) is 0 Å². The molecule has 7 nitrogen and oxygen atoms in total. The van der Waals surface area contributed by atoms with E-state index in [2.05, 4.69) is 0 Å². The van der Waals surface area contributed by atoms with Crippen molar-refractivity contribution in [2.75, 3.05) is 52.6 Å². The van der Waals surface area contributed by atoms with Gasteiger partial charge >= 0.3 is 0 Å². The number of likely N-dealkylation sites (tertiary alicyclic amines) is 1. The Morgan fingerprint density at radius 3 is 2.68 bits per heavy atom. The summed E-state index contributed by atoms with van der Waals surface area (Å²) in [7, 11) is 0. The van der Waals surface area contributed by atoms with Crippen LogP contribution >= 0.6 is 0 Å². The molecular weight excluding hydrogens is 324 g/mol. The lowest BCUT2D eigenvalue weighted by Crippen LogP contribution is -2.44. The Morgan fingerprint density at radius 1 is 1.08 bits per heavy atom. The molecule has 0 N–H and O–H groups in total. The SMILES string of the molecule is O=C(C[C@@H]1COC[C@H]2CN(C(=O)c3ccoc3)C[C@@H]12)N1CCOCC1. The number of morpholine rings is 1. The molecule has 136 valence electrons. The molecule has 4 heterocycles. The van der Waals surface area contributed by atoms with E-state index in [0.29, 0.717) is 76.4 Å². The fourth-order valence-electron chi connectivity index (χ4n) is 4.21. The molecule has 2 amide bonds. The molecule has 3 saturated heterocycles. The van der Waals surface area contributed by atoms with Crippen LogP contribution < -0.4 is 0 Å². The zero-order valence-corrected chi connectivity index (χ0v) is 14.3. The molecule has 25 heavy (non-hydrogen) atoms. The van der Waals surface area contributed by atoms with Crippen LogP contribution in [0.2, 0.25) is 0 Å². The summed E-state index contributed by atoms with van der Waals surface area (Å²) in [5.74, 6) is 0.997. The van der Waals surface area contributed by atoms with Crippen molar-refractivity contribution in [2.24, 2.45) is 17.8 Å². The van der Waals surface area contributed by atoms with Crippen molar-refractivity contribution in [1.82, 2.24) is 9.80 Å². The number of nitrogens with zero attached hydrogens (tertiary/aromatic N) is 2. The summed E-state index contributed by atoms with van der Waals surface area (Å²) in [5, 5.41) is 0. The largest absolute Gasteiger partial charge is 0.472 e. The number of furan rings is 1. The fraction of sp³-hybridized carbons (Fsp3) is 0.667. The number of carbonyl (C=O) groups excluding carboxylic acids is 2. The molecule has 3 aliphatic rings. The van der Waals surface area contributed by atoms with E-state index in [1.165, 1.54) is 12.5 Å². The number of amides is 2. The first kappa shape index (κ1) is 16.6. The first-order chi connectivity index (χ1) is 12.2. The maximum absolute atomic E-state index is 12.6. The quantitative estimate of drug-likeness (QED) is 0.810. The van der Waals surface area contributed by atoms with Gasteiger partial charge in [0.25, 0.3) is 5.91 Å². The van der Waals surface area contributed by atoms with Gasteiger partial charge in [0, 0.05) is 38.5 Å². The summed E-state index contributed by atoms with van der Waals surface area (Å²) in [6, 6.07) is 1.69. The van der Waals surface area contributed by atoms with Crippen LogP contribution in [0.3, 0.4) is 0 Å². The van der Waals surface area contributed by atoms with Gasteiger partial charge in [0.2, 0.25) is 5.91 Å². The topological polar surface area (TPSA) is 72.2 Å². The van der Waals surface area contributed by atoms with Gasteiger partial charge in [-0.05, 0) is 17.9 Å². The maximum atomic E-state index is 12.6. The Morgan fingerprint density at radius 2 is 1.92 bits per heavy atom. The van der Waals surface area contributed by atoms with Crippen molar-refractivity contribution >= 4 is 11.8 Å². The fourth-order valence-corrected chi connectivity index (χ4v) is 4.21. The van der Waals surface area contributed by atoms with E-state index >= 15 is 0 Å². The van der Waals surface area contributed by atoms with Crippen LogP contribution in [0, 0.1) is 17.8 Å². The third kappa shape index (κ3) is 3.43. The normalized spacial score (nSPS) is 29.5. The molecule has 3 atom stereocenters. The Bertz CT molecular complexity index is 611. The van der Waals surface area contributed by atoms with Gasteiger partial charge in [-0.15, -0.1) is 0 Å². The monoisotopic (exact) mass is 348 g/mol. The average molecular weight is 348 g/mol. The predicted octanol–water partition coefficient (Wildman–Crippen LogP) is 0.863. The lowest BCUT2D eigenvalue weighted by atomic mass is 9.81. The first-order valence-corrected chi connectivity index (χ1v) is 8.97. The molecule has 0 aliphatic carbocycles. The van der Waals surface area contributed by atoms with Gasteiger partial charge < -0.3 is 23.7 Å². The number of hydrogen-bond donors (Lipinski definition) is 0. The van der Waals surface area contributed by atoms with E-state index in [4.69, 9.17) is 13.9 Å². The zero-order valence-electron chi connectivity index (χ0n) is 14.3. The summed E-state index contributed by atoms with van der Waals surface area (Å²) >= 11 is 0. The van der Waals surface area contributed by atoms with Crippen molar-refractivity contribution in [3.63, 3.8) is 0 Å². The highest BCUT2D eigenvalue weighted by atomic mass is 16.5. The molecule has 0 saturated carbocycles. The number of fused-ring (bicyclic) bond motifs is 1. The molecule has 0 radical (unpaired) electrons. The van der Waals surface area contributed by atoms with Crippen LogP contribution in [0.15, 0.2) is 23.0 Å². The summed E-state index contributed by atoms with van der Waals surface area (Å²) in [5.41, 5.74) is 0.584. The summed E-state index contributed by atoms with van der Waals surface area (Å²) in [4.78, 5) is 28.9. The Labute approximate surface area is 146 Å². The van der Waals surface area contributed by atoms with Crippen molar-refractivity contribution < 1.29 is 23.5 Å². The Kier molecular flexibility index (Phi) is 4.76. The molecule has 0 unspecified atom stereocenters. The van der Waals surface area contributed by atoms with E-state index in [1.54, 1.807) is 6.07 Å². The summed E-state index contributed by atoms with van der Waals surface area (Å²) in [6.07, 6.45) is 3.50. The molecule has 0 bridgehead atoms. The predicted molar refractivity (Wildman–Crippen MR) is 87.9 cm³/mol. The molecule has 3 fully saturated rings. The van der Waals surface area contributed by atoms with Gasteiger partial charge in [0.05, 0.1) is 38.3 Å². The van der Waals surface area contributed by atoms with Gasteiger partial charge in [-0.25, -0.2) is 0 Å². The second kappa shape index (κ2) is 7.17. The molecule has 3 aliphatic heterocycles. The lowest BCUT2D eigenvalue weighted by Gasteiger charge is -2.34. The third-order valence-electron chi connectivity index (χ3n) is 5.62. The van der Waals surface area contributed by atoms with Crippen molar-refractivity contribution in [2.45, 2.75) is 6.42 Å². The summed E-state index contributed by atoms with van der Waals surface area (Å²) < 4.78 is 16.1. The highest BCUT2D eigenvalue weighted by Gasteiger charge is 2.43. The molecule has 7 heteroatoms. The van der Waals surface area contributed by atoms with E-state index in [0.717, 1.165) is 0 Å². The van der Waals surface area contributed by atoms with Crippen LogP contribution in [-0.4, -0.2) is 74.2 Å². The summed E-state index contributed by atoms with van der Waals surface area (Å²) in [6.45, 7) is 5.23. The van der Waals surface area contributed by atoms with Crippen LogP contribution in [0.5, 0.6) is 0 Å². The molecule has 1 aromatic heterocycles. The number of carbonyl (C=O) groups is 2. The van der Waals surface area contributed by atoms with Crippen LogP contribution in [0.25, 0.3) is 0 Å². The van der Waals surface area contributed by atoms with Gasteiger partial charge in [0.1, 0.15) is 6.26 Å². The minimum absolute atomic E-state index is 0.00130. The van der Waals surface area contributed by atoms with E-state index in [9.17, 15) is 9.59 Å². The molecule has 0 spiro atoms. The first-order valence-electron chi connectivity index (χ1n) is 8.97.